The van der Waals surface area contributed by atoms with Gasteiger partial charge in [-0.1, -0.05) is 36.4 Å². The van der Waals surface area contributed by atoms with E-state index in [1.54, 1.807) is 4.90 Å². The first-order valence-corrected chi connectivity index (χ1v) is 9.47. The van der Waals surface area contributed by atoms with Crippen LogP contribution in [0.5, 0.6) is 5.75 Å². The molecule has 142 valence electrons. The molecule has 5 heteroatoms. The van der Waals surface area contributed by atoms with Gasteiger partial charge >= 0.3 is 0 Å². The highest BCUT2D eigenvalue weighted by Gasteiger charge is 2.35. The quantitative estimate of drug-likeness (QED) is 0.727. The molecule has 1 fully saturated rings. The summed E-state index contributed by atoms with van der Waals surface area (Å²) in [5.74, 6) is 0.224. The van der Waals surface area contributed by atoms with Crippen LogP contribution in [0.3, 0.4) is 0 Å². The summed E-state index contributed by atoms with van der Waals surface area (Å²) < 4.78 is 5.44. The third-order valence-corrected chi connectivity index (χ3v) is 5.00. The fraction of sp³-hybridized carbons (Fsp3) is 0.217. The average molecular weight is 374 g/mol. The van der Waals surface area contributed by atoms with Gasteiger partial charge in [-0.2, -0.15) is 0 Å². The van der Waals surface area contributed by atoms with Crippen LogP contribution in [0.4, 0.5) is 11.4 Å². The Labute approximate surface area is 163 Å². The van der Waals surface area contributed by atoms with Gasteiger partial charge < -0.3 is 15.0 Å². The predicted molar refractivity (Wildman–Crippen MR) is 111 cm³/mol. The first kappa shape index (κ1) is 18.0. The van der Waals surface area contributed by atoms with Crippen LogP contribution >= 0.6 is 0 Å². The number of rotatable bonds is 5. The van der Waals surface area contributed by atoms with Crippen molar-refractivity contribution in [3.63, 3.8) is 0 Å². The summed E-state index contributed by atoms with van der Waals surface area (Å²) in [7, 11) is 0. The number of benzene rings is 3. The fourth-order valence-corrected chi connectivity index (χ4v) is 3.59. The van der Waals surface area contributed by atoms with Gasteiger partial charge in [0.1, 0.15) is 5.75 Å². The van der Waals surface area contributed by atoms with E-state index in [1.165, 1.54) is 0 Å². The number of nitrogens with zero attached hydrogens (tertiary/aromatic N) is 1. The van der Waals surface area contributed by atoms with Crippen LogP contribution in [0, 0.1) is 5.92 Å². The monoisotopic (exact) mass is 374 g/mol. The molecule has 1 heterocycles. The summed E-state index contributed by atoms with van der Waals surface area (Å²) in [6, 6.07) is 21.1. The Morgan fingerprint density at radius 1 is 1.07 bits per heavy atom. The number of carbonyl (C=O) groups is 2. The number of hydrogen-bond donors (Lipinski definition) is 1. The highest BCUT2D eigenvalue weighted by molar-refractivity contribution is 6.07. The SMILES string of the molecule is CCOc1ccc(N2C[C@H](C(=O)Nc3cccc4ccccc34)CC2=O)cc1. The Bertz CT molecular complexity index is 1010. The normalized spacial score (nSPS) is 16.4. The lowest BCUT2D eigenvalue weighted by Gasteiger charge is -2.17. The molecule has 1 saturated heterocycles. The van der Waals surface area contributed by atoms with Crippen molar-refractivity contribution in [3.8, 4) is 5.75 Å². The van der Waals surface area contributed by atoms with Gasteiger partial charge in [0.25, 0.3) is 0 Å². The number of ether oxygens (including phenoxy) is 1. The second kappa shape index (κ2) is 7.72. The second-order valence-electron chi connectivity index (χ2n) is 6.85. The molecule has 2 amide bonds. The van der Waals surface area contributed by atoms with E-state index in [0.717, 1.165) is 27.9 Å². The lowest BCUT2D eigenvalue weighted by atomic mass is 10.1. The molecule has 3 aromatic carbocycles. The zero-order chi connectivity index (χ0) is 19.5. The molecule has 0 radical (unpaired) electrons. The summed E-state index contributed by atoms with van der Waals surface area (Å²) in [5, 5.41) is 5.07. The Kier molecular flexibility index (Phi) is 4.98. The molecule has 28 heavy (non-hydrogen) atoms. The lowest BCUT2D eigenvalue weighted by Crippen LogP contribution is -2.28. The maximum atomic E-state index is 12.8. The number of anilines is 2. The van der Waals surface area contributed by atoms with Crippen molar-refractivity contribution in [3.05, 3.63) is 66.7 Å². The van der Waals surface area contributed by atoms with E-state index in [4.69, 9.17) is 4.74 Å². The van der Waals surface area contributed by atoms with E-state index in [2.05, 4.69) is 5.32 Å². The highest BCUT2D eigenvalue weighted by atomic mass is 16.5. The Morgan fingerprint density at radius 2 is 1.82 bits per heavy atom. The van der Waals surface area contributed by atoms with Crippen LogP contribution in [-0.4, -0.2) is 25.0 Å². The van der Waals surface area contributed by atoms with Crippen LogP contribution in [0.2, 0.25) is 0 Å². The molecule has 4 rings (SSSR count). The number of amides is 2. The molecular weight excluding hydrogens is 352 g/mol. The Balaban J connectivity index is 1.48. The molecule has 3 aromatic rings. The standard InChI is InChI=1S/C23H22N2O3/c1-2-28-19-12-10-18(11-13-19)25-15-17(14-22(25)26)23(27)24-21-9-5-7-16-6-3-4-8-20(16)21/h3-13,17H,2,14-15H2,1H3,(H,24,27)/t17-/m1/s1. The van der Waals surface area contributed by atoms with E-state index in [-0.39, 0.29) is 24.2 Å². The van der Waals surface area contributed by atoms with Gasteiger partial charge in [-0.15, -0.1) is 0 Å². The lowest BCUT2D eigenvalue weighted by molar-refractivity contribution is -0.122. The summed E-state index contributed by atoms with van der Waals surface area (Å²) in [4.78, 5) is 27.0. The molecule has 0 aromatic heterocycles. The summed E-state index contributed by atoms with van der Waals surface area (Å²) in [6.45, 7) is 2.90. The zero-order valence-electron chi connectivity index (χ0n) is 15.7. The summed E-state index contributed by atoms with van der Waals surface area (Å²) in [5.41, 5.74) is 1.56. The van der Waals surface area contributed by atoms with Crippen LogP contribution < -0.4 is 15.0 Å². The summed E-state index contributed by atoms with van der Waals surface area (Å²) in [6.07, 6.45) is 0.212. The molecule has 0 aliphatic carbocycles. The number of nitrogens with one attached hydrogen (secondary N) is 1. The molecule has 0 spiro atoms. The minimum atomic E-state index is -0.377. The van der Waals surface area contributed by atoms with Crippen molar-refractivity contribution in [2.24, 2.45) is 5.92 Å². The van der Waals surface area contributed by atoms with Crippen LogP contribution in [0.1, 0.15) is 13.3 Å². The van der Waals surface area contributed by atoms with Gasteiger partial charge in [0.15, 0.2) is 0 Å². The number of carbonyl (C=O) groups excluding carboxylic acids is 2. The second-order valence-corrected chi connectivity index (χ2v) is 6.85. The number of hydrogen-bond acceptors (Lipinski definition) is 3. The molecule has 0 unspecified atom stereocenters. The molecule has 0 saturated carbocycles. The molecule has 1 aliphatic rings. The molecule has 1 N–H and O–H groups in total. The van der Waals surface area contributed by atoms with Gasteiger partial charge in [0.05, 0.1) is 12.5 Å². The first-order chi connectivity index (χ1) is 13.7. The minimum absolute atomic E-state index is 0.0396. The smallest absolute Gasteiger partial charge is 0.229 e. The third-order valence-electron chi connectivity index (χ3n) is 5.00. The van der Waals surface area contributed by atoms with E-state index < -0.39 is 0 Å². The number of fused-ring (bicyclic) bond motifs is 1. The first-order valence-electron chi connectivity index (χ1n) is 9.47. The summed E-state index contributed by atoms with van der Waals surface area (Å²) >= 11 is 0. The molecular formula is C23H22N2O3. The van der Waals surface area contributed by atoms with Gasteiger partial charge in [0, 0.05) is 29.7 Å². The maximum Gasteiger partial charge on any atom is 0.229 e. The van der Waals surface area contributed by atoms with Gasteiger partial charge in [0.2, 0.25) is 11.8 Å². The maximum absolute atomic E-state index is 12.8. The average Bonchev–Trinajstić information content (AvgIpc) is 3.11. The van der Waals surface area contributed by atoms with E-state index in [0.29, 0.717) is 13.2 Å². The zero-order valence-corrected chi connectivity index (χ0v) is 15.7. The van der Waals surface area contributed by atoms with Gasteiger partial charge in [-0.25, -0.2) is 0 Å². The molecule has 1 atom stereocenters. The predicted octanol–water partition coefficient (Wildman–Crippen LogP) is 4.23. The van der Waals surface area contributed by atoms with Crippen molar-refractivity contribution < 1.29 is 14.3 Å². The van der Waals surface area contributed by atoms with E-state index in [9.17, 15) is 9.59 Å². The third kappa shape index (κ3) is 3.56. The molecule has 5 nitrogen and oxygen atoms in total. The van der Waals surface area contributed by atoms with Crippen molar-refractivity contribution in [2.75, 3.05) is 23.4 Å². The van der Waals surface area contributed by atoms with Crippen LogP contribution in [0.25, 0.3) is 10.8 Å². The Morgan fingerprint density at radius 3 is 2.61 bits per heavy atom. The fourth-order valence-electron chi connectivity index (χ4n) is 3.59. The van der Waals surface area contributed by atoms with Crippen molar-refractivity contribution in [1.82, 2.24) is 0 Å². The molecule has 0 bridgehead atoms. The van der Waals surface area contributed by atoms with Crippen LogP contribution in [-0.2, 0) is 9.59 Å². The van der Waals surface area contributed by atoms with Crippen molar-refractivity contribution in [1.29, 1.82) is 0 Å². The van der Waals surface area contributed by atoms with Crippen LogP contribution in [0.15, 0.2) is 66.7 Å². The van der Waals surface area contributed by atoms with E-state index in [1.807, 2.05) is 73.7 Å². The van der Waals surface area contributed by atoms with E-state index >= 15 is 0 Å². The topological polar surface area (TPSA) is 58.6 Å². The largest absolute Gasteiger partial charge is 0.494 e. The minimum Gasteiger partial charge on any atom is -0.494 e. The van der Waals surface area contributed by atoms with Crippen molar-refractivity contribution >= 4 is 34.0 Å². The van der Waals surface area contributed by atoms with Gasteiger partial charge in [-0.05, 0) is 42.6 Å². The highest BCUT2D eigenvalue weighted by Crippen LogP contribution is 2.29. The van der Waals surface area contributed by atoms with Crippen molar-refractivity contribution in [2.45, 2.75) is 13.3 Å². The van der Waals surface area contributed by atoms with Gasteiger partial charge in [-0.3, -0.25) is 9.59 Å². The molecule has 1 aliphatic heterocycles. The Hall–Kier alpha value is -3.34.